The van der Waals surface area contributed by atoms with Gasteiger partial charge in [-0.1, -0.05) is 19.9 Å². The first kappa shape index (κ1) is 22.4. The van der Waals surface area contributed by atoms with E-state index in [4.69, 9.17) is 0 Å². The van der Waals surface area contributed by atoms with Crippen LogP contribution in [0.15, 0.2) is 23.0 Å². The van der Waals surface area contributed by atoms with E-state index in [-0.39, 0.29) is 29.2 Å². The molecule has 4 rings (SSSR count). The van der Waals surface area contributed by atoms with Gasteiger partial charge in [0.2, 0.25) is 17.8 Å². The number of nitro benzene ring substituents is 1. The minimum atomic E-state index is -1.07. The summed E-state index contributed by atoms with van der Waals surface area (Å²) in [6, 6.07) is 4.12. The molecule has 0 unspecified atom stereocenters. The number of carbonyl (C=O) groups is 2. The molecular formula is C22H26N6O5. The zero-order valence-electron chi connectivity index (χ0n) is 18.7. The SMILES string of the molecule is Cc1ccc([N+](=O)[O-])cc1NC(=O)[C@@H]1CC(=O)Nc2nc(N3C[C@@H](C)C[C@H](C)C3)[nH]c(=O)c21. The molecule has 1 aromatic carbocycles. The number of aryl methyl sites for hydroxylation is 1. The van der Waals surface area contributed by atoms with E-state index in [1.165, 1.54) is 18.2 Å². The summed E-state index contributed by atoms with van der Waals surface area (Å²) in [5.41, 5.74) is 0.282. The number of fused-ring (bicyclic) bond motifs is 1. The van der Waals surface area contributed by atoms with Crippen LogP contribution in [0.25, 0.3) is 0 Å². The van der Waals surface area contributed by atoms with E-state index in [2.05, 4.69) is 34.4 Å². The van der Waals surface area contributed by atoms with E-state index in [0.29, 0.717) is 23.3 Å². The molecule has 0 aliphatic carbocycles. The molecule has 2 aromatic rings. The molecule has 33 heavy (non-hydrogen) atoms. The van der Waals surface area contributed by atoms with Crippen molar-refractivity contribution < 1.29 is 14.5 Å². The number of nitro groups is 1. The van der Waals surface area contributed by atoms with Gasteiger partial charge in [0.25, 0.3) is 11.2 Å². The highest BCUT2D eigenvalue weighted by Crippen LogP contribution is 2.32. The molecule has 11 nitrogen and oxygen atoms in total. The Morgan fingerprint density at radius 1 is 1.24 bits per heavy atom. The van der Waals surface area contributed by atoms with Crippen LogP contribution < -0.4 is 21.1 Å². The second-order valence-corrected chi connectivity index (χ2v) is 9.05. The topological polar surface area (TPSA) is 150 Å². The molecule has 3 heterocycles. The van der Waals surface area contributed by atoms with Crippen LogP contribution in [0.3, 0.4) is 0 Å². The number of H-pyrrole nitrogens is 1. The van der Waals surface area contributed by atoms with Gasteiger partial charge < -0.3 is 15.5 Å². The molecular weight excluding hydrogens is 428 g/mol. The number of nitrogens with one attached hydrogen (secondary N) is 3. The molecule has 3 N–H and O–H groups in total. The van der Waals surface area contributed by atoms with Crippen molar-refractivity contribution in [3.63, 3.8) is 0 Å². The molecule has 2 amide bonds. The first-order valence-corrected chi connectivity index (χ1v) is 10.9. The van der Waals surface area contributed by atoms with Gasteiger partial charge in [-0.05, 0) is 30.7 Å². The molecule has 0 saturated carbocycles. The minimum Gasteiger partial charge on any atom is -0.342 e. The Morgan fingerprint density at radius 3 is 2.61 bits per heavy atom. The van der Waals surface area contributed by atoms with Gasteiger partial charge in [0, 0.05) is 31.6 Å². The molecule has 1 saturated heterocycles. The number of piperidine rings is 1. The molecule has 11 heteroatoms. The summed E-state index contributed by atoms with van der Waals surface area (Å²) in [7, 11) is 0. The molecule has 0 spiro atoms. The van der Waals surface area contributed by atoms with Crippen LogP contribution in [0, 0.1) is 28.9 Å². The van der Waals surface area contributed by atoms with Gasteiger partial charge in [-0.15, -0.1) is 0 Å². The molecule has 2 aliphatic rings. The summed E-state index contributed by atoms with van der Waals surface area (Å²) in [5.74, 6) is -0.794. The Kier molecular flexibility index (Phi) is 5.88. The van der Waals surface area contributed by atoms with Crippen molar-refractivity contribution in [2.75, 3.05) is 28.6 Å². The summed E-state index contributed by atoms with van der Waals surface area (Å²) in [5, 5.41) is 16.3. The fraction of sp³-hybridized carbons (Fsp3) is 0.455. The van der Waals surface area contributed by atoms with Crippen molar-refractivity contribution in [2.45, 2.75) is 39.5 Å². The predicted octanol–water partition coefficient (Wildman–Crippen LogP) is 2.53. The summed E-state index contributed by atoms with van der Waals surface area (Å²) < 4.78 is 0. The number of amides is 2. The zero-order chi connectivity index (χ0) is 23.9. The fourth-order valence-electron chi connectivity index (χ4n) is 4.65. The highest BCUT2D eigenvalue weighted by molar-refractivity contribution is 6.04. The first-order valence-electron chi connectivity index (χ1n) is 10.9. The standard InChI is InChI=1S/C22H26N6O5/c1-11-6-12(2)10-27(9-11)22-25-19-18(21(31)26-22)15(8-17(29)24-19)20(30)23-16-7-14(28(32)33)5-4-13(16)3/h4-5,7,11-12,15H,6,8-10H2,1-3H3,(H,23,30)(H2,24,25,26,29,31)/t11-,12-,15+/m0/s1. The van der Waals surface area contributed by atoms with Crippen molar-refractivity contribution >= 4 is 35.0 Å². The summed E-state index contributed by atoms with van der Waals surface area (Å²) in [6.45, 7) is 7.43. The van der Waals surface area contributed by atoms with Gasteiger partial charge in [-0.3, -0.25) is 29.5 Å². The minimum absolute atomic E-state index is 0.0757. The normalized spacial score (nSPS) is 22.3. The van der Waals surface area contributed by atoms with Crippen LogP contribution in [-0.4, -0.2) is 39.8 Å². The summed E-state index contributed by atoms with van der Waals surface area (Å²) in [6.07, 6.45) is 0.858. The maximum Gasteiger partial charge on any atom is 0.271 e. The zero-order valence-corrected chi connectivity index (χ0v) is 18.7. The van der Waals surface area contributed by atoms with Crippen molar-refractivity contribution in [3.05, 3.63) is 49.8 Å². The van der Waals surface area contributed by atoms with Crippen molar-refractivity contribution in [1.82, 2.24) is 9.97 Å². The van der Waals surface area contributed by atoms with Crippen LogP contribution >= 0.6 is 0 Å². The van der Waals surface area contributed by atoms with Gasteiger partial charge in [-0.2, -0.15) is 4.98 Å². The van der Waals surface area contributed by atoms with Crippen molar-refractivity contribution in [2.24, 2.45) is 11.8 Å². The number of non-ortho nitro benzene ring substituents is 1. The molecule has 1 fully saturated rings. The maximum absolute atomic E-state index is 13.1. The van der Waals surface area contributed by atoms with Gasteiger partial charge in [0.05, 0.1) is 22.1 Å². The monoisotopic (exact) mass is 454 g/mol. The number of aromatic nitrogens is 2. The van der Waals surface area contributed by atoms with E-state index < -0.39 is 28.2 Å². The summed E-state index contributed by atoms with van der Waals surface area (Å²) >= 11 is 0. The number of aromatic amines is 1. The molecule has 2 aliphatic heterocycles. The van der Waals surface area contributed by atoms with E-state index in [1.54, 1.807) is 6.92 Å². The number of carbonyl (C=O) groups excluding carboxylic acids is 2. The van der Waals surface area contributed by atoms with E-state index in [0.717, 1.165) is 19.5 Å². The Morgan fingerprint density at radius 2 is 1.94 bits per heavy atom. The quantitative estimate of drug-likeness (QED) is 0.474. The lowest BCUT2D eigenvalue weighted by Crippen LogP contribution is -2.42. The number of hydrogen-bond donors (Lipinski definition) is 3. The predicted molar refractivity (Wildman–Crippen MR) is 122 cm³/mol. The molecule has 0 bridgehead atoms. The Labute approximate surface area is 189 Å². The van der Waals surface area contributed by atoms with Gasteiger partial charge in [-0.25, -0.2) is 0 Å². The number of benzene rings is 1. The van der Waals surface area contributed by atoms with Gasteiger partial charge >= 0.3 is 0 Å². The lowest BCUT2D eigenvalue weighted by atomic mass is 9.91. The second kappa shape index (κ2) is 8.64. The van der Waals surface area contributed by atoms with E-state index in [9.17, 15) is 24.5 Å². The van der Waals surface area contributed by atoms with Crippen LogP contribution in [0.5, 0.6) is 0 Å². The highest BCUT2D eigenvalue weighted by Gasteiger charge is 2.36. The third-order valence-corrected chi connectivity index (χ3v) is 6.11. The molecule has 174 valence electrons. The number of hydrogen-bond acceptors (Lipinski definition) is 7. The van der Waals surface area contributed by atoms with E-state index >= 15 is 0 Å². The first-order chi connectivity index (χ1) is 15.6. The Hall–Kier alpha value is -3.76. The van der Waals surface area contributed by atoms with Crippen LogP contribution in [0.2, 0.25) is 0 Å². The fourth-order valence-corrected chi connectivity index (χ4v) is 4.65. The van der Waals surface area contributed by atoms with Gasteiger partial charge in [0.15, 0.2) is 0 Å². The number of rotatable bonds is 4. The molecule has 3 atom stereocenters. The Balaban J connectivity index is 1.65. The molecule has 0 radical (unpaired) electrons. The summed E-state index contributed by atoms with van der Waals surface area (Å²) in [4.78, 5) is 58.3. The van der Waals surface area contributed by atoms with Crippen molar-refractivity contribution in [3.8, 4) is 0 Å². The third-order valence-electron chi connectivity index (χ3n) is 6.11. The van der Waals surface area contributed by atoms with Crippen LogP contribution in [-0.2, 0) is 9.59 Å². The molecule has 1 aromatic heterocycles. The van der Waals surface area contributed by atoms with E-state index in [1.807, 2.05) is 4.90 Å². The highest BCUT2D eigenvalue weighted by atomic mass is 16.6. The number of nitrogens with zero attached hydrogens (tertiary/aromatic N) is 3. The maximum atomic E-state index is 13.1. The van der Waals surface area contributed by atoms with Crippen LogP contribution in [0.1, 0.15) is 43.7 Å². The second-order valence-electron chi connectivity index (χ2n) is 9.05. The van der Waals surface area contributed by atoms with Crippen molar-refractivity contribution in [1.29, 1.82) is 0 Å². The smallest absolute Gasteiger partial charge is 0.271 e. The lowest BCUT2D eigenvalue weighted by Gasteiger charge is -2.35. The third kappa shape index (κ3) is 4.57. The Bertz CT molecular complexity index is 1180. The van der Waals surface area contributed by atoms with Gasteiger partial charge in [0.1, 0.15) is 5.82 Å². The lowest BCUT2D eigenvalue weighted by molar-refractivity contribution is -0.384. The largest absolute Gasteiger partial charge is 0.342 e. The average molecular weight is 454 g/mol. The average Bonchev–Trinajstić information content (AvgIpc) is 2.73. The number of anilines is 3. The van der Waals surface area contributed by atoms with Crippen LogP contribution in [0.4, 0.5) is 23.1 Å².